The molecule has 514 valence electrons. The Balaban J connectivity index is 0.000000564. The molecule has 11 nitrogen and oxygen atoms in total. The highest BCUT2D eigenvalue weighted by atomic mass is 15.0. The molecule has 2 heterocycles. The van der Waals surface area contributed by atoms with Crippen LogP contribution in [-0.2, 0) is 0 Å². The van der Waals surface area contributed by atoms with Gasteiger partial charge in [0.15, 0.2) is 39.8 Å². The normalized spacial score (nSPS) is 9.78. The summed E-state index contributed by atoms with van der Waals surface area (Å²) in [6.45, 7) is 99.5. The van der Waals surface area contributed by atoms with Crippen molar-refractivity contribution in [3.8, 4) is 0 Å². The van der Waals surface area contributed by atoms with Crippen molar-refractivity contribution < 1.29 is 0 Å². The summed E-state index contributed by atoms with van der Waals surface area (Å²) in [5.74, 6) is 4.94. The van der Waals surface area contributed by atoms with E-state index in [1.54, 1.807) is 42.7 Å². The Kier molecular flexibility index (Phi) is 41.3. The number of hydrogen-bond donors (Lipinski definition) is 0. The first-order valence-corrected chi connectivity index (χ1v) is 33.9. The average molecular weight is 1330 g/mol. The quantitative estimate of drug-likeness (QED) is 0.135. The number of nitrogens with zero attached hydrogens (tertiary/aromatic N) is 11. The fourth-order valence-electron chi connectivity index (χ4n) is 8.75. The molecule has 0 radical (unpaired) electrons. The fourth-order valence-corrected chi connectivity index (χ4v) is 8.75. The number of pyridine rings is 1. The largest absolute Gasteiger partial charge is 0.394 e. The maximum atomic E-state index is 6.91. The van der Waals surface area contributed by atoms with Crippen LogP contribution in [0.25, 0.3) is 38.8 Å². The van der Waals surface area contributed by atoms with Crippen LogP contribution in [0.4, 0.5) is 45.8 Å². The van der Waals surface area contributed by atoms with E-state index >= 15 is 0 Å². The smallest absolute Gasteiger partial charge is 0.371 e. The molecule has 9 rings (SSSR count). The monoisotopic (exact) mass is 1330 g/mol. The second-order valence-corrected chi connectivity index (χ2v) is 26.5. The van der Waals surface area contributed by atoms with E-state index in [-0.39, 0.29) is 5.95 Å². The van der Waals surface area contributed by atoms with Gasteiger partial charge >= 0.3 is 5.95 Å². The van der Waals surface area contributed by atoms with E-state index in [0.717, 1.165) is 27.9 Å². The van der Waals surface area contributed by atoms with E-state index in [9.17, 15) is 0 Å². The van der Waals surface area contributed by atoms with Crippen molar-refractivity contribution in [2.24, 2.45) is 0 Å². The molecule has 0 unspecified atom stereocenters. The number of rotatable bonds is 9. The number of aromatic nitrogens is 3. The summed E-state index contributed by atoms with van der Waals surface area (Å²) in [5, 5.41) is 0. The third-order valence-corrected chi connectivity index (χ3v) is 15.3. The van der Waals surface area contributed by atoms with Crippen molar-refractivity contribution in [1.29, 1.82) is 0 Å². The summed E-state index contributed by atoms with van der Waals surface area (Å²) in [6.07, 6.45) is 7.06. The van der Waals surface area contributed by atoms with Gasteiger partial charge in [0, 0.05) is 18.0 Å². The average Bonchev–Trinajstić information content (AvgIpc) is 0.881. The Labute approximate surface area is 602 Å². The van der Waals surface area contributed by atoms with Crippen LogP contribution in [0.15, 0.2) is 189 Å². The minimum Gasteiger partial charge on any atom is -0.394 e. The molecule has 0 aliphatic carbocycles. The van der Waals surface area contributed by atoms with Gasteiger partial charge in [0.1, 0.15) is 0 Å². The highest BCUT2D eigenvalue weighted by Gasteiger charge is 2.09. The molecule has 9 aromatic rings. The van der Waals surface area contributed by atoms with Gasteiger partial charge in [-0.1, -0.05) is 310 Å². The number of hydrogen-bond acceptors (Lipinski definition) is 3. The summed E-state index contributed by atoms with van der Waals surface area (Å²) in [4.78, 5) is 37.9. The molecule has 11 heteroatoms. The zero-order chi connectivity index (χ0) is 75.4. The van der Waals surface area contributed by atoms with Crippen LogP contribution in [-0.4, -0.2) is 15.0 Å². The molecule has 0 N–H and O–H groups in total. The Morgan fingerprint density at radius 3 is 0.870 bits per heavy atom. The number of benzene rings is 7. The summed E-state index contributed by atoms with van der Waals surface area (Å²) < 4.78 is 0. The standard InChI is InChI=1S/3C11H10N2.C11H16.C10H11N.C10H14.C9H12.C8H9N3.C8H11N/c1-8(2)9-5-10(12-3)7-11(6-9)13-4;2*1-8(2)9-5-6-10(12-3)11(7-9)13-4;1-8(2)11-6-9(3)5-10(4)7-11;1-8(2)9-4-6-10(11-3)7-5-9;1-8(2)10-6-4-9(3)5-7-10;1-8(2)9-6-4-3-5-7-9;1-6(2)7-4-10-8(9-3)11-5-7;1-7(2)8-3-5-9-6-4-8/h3*5-8H,1-2H3;5-8H,1-4H3;4-8H,1-2H3;4-8H,1-3H3;3-8H,1-2H3;4-6H,1-2H3;3-7H,1-2H3. The van der Waals surface area contributed by atoms with Gasteiger partial charge in [-0.2, -0.15) is 9.97 Å². The van der Waals surface area contributed by atoms with Gasteiger partial charge < -0.3 is 4.85 Å². The van der Waals surface area contributed by atoms with Crippen molar-refractivity contribution in [3.05, 3.63) is 347 Å². The van der Waals surface area contributed by atoms with Crippen molar-refractivity contribution >= 4 is 45.8 Å². The maximum Gasteiger partial charge on any atom is 0.371 e. The van der Waals surface area contributed by atoms with E-state index in [1.807, 2.05) is 79.1 Å². The molecular formula is C89H103N11. The van der Waals surface area contributed by atoms with Gasteiger partial charge in [-0.15, -0.1) is 6.57 Å². The maximum absolute atomic E-state index is 6.91. The van der Waals surface area contributed by atoms with Gasteiger partial charge in [0.2, 0.25) is 0 Å². The molecule has 0 atom stereocenters. The zero-order valence-electron chi connectivity index (χ0n) is 63.0. The molecule has 0 fully saturated rings. The molecule has 7 aromatic carbocycles. The molecule has 0 saturated heterocycles. The fraction of sp³-hybridized carbons (Fsp3) is 0.337. The van der Waals surface area contributed by atoms with E-state index in [1.165, 1.54) is 44.5 Å². The Morgan fingerprint density at radius 1 is 0.240 bits per heavy atom. The minimum atomic E-state index is 0.217. The molecule has 0 amide bonds. The highest BCUT2D eigenvalue weighted by Crippen LogP contribution is 2.33. The van der Waals surface area contributed by atoms with Gasteiger partial charge in [-0.25, -0.2) is 14.5 Å². The third-order valence-electron chi connectivity index (χ3n) is 15.3. The predicted octanol–water partition coefficient (Wildman–Crippen LogP) is 28.8. The first kappa shape index (κ1) is 86.7. The summed E-state index contributed by atoms with van der Waals surface area (Å²) in [7, 11) is 0. The Hall–Kier alpha value is -11.3. The van der Waals surface area contributed by atoms with Gasteiger partial charge in [0.05, 0.1) is 58.4 Å². The first-order chi connectivity index (χ1) is 47.4. The second-order valence-electron chi connectivity index (χ2n) is 26.5. The van der Waals surface area contributed by atoms with Crippen molar-refractivity contribution in [2.45, 2.75) is 199 Å². The molecule has 0 spiro atoms. The lowest BCUT2D eigenvalue weighted by molar-refractivity contribution is 0.848. The highest BCUT2D eigenvalue weighted by molar-refractivity contribution is 5.72. The van der Waals surface area contributed by atoms with Crippen LogP contribution in [0.2, 0.25) is 0 Å². The summed E-state index contributed by atoms with van der Waals surface area (Å²) in [6, 6.07) is 54.0. The minimum absolute atomic E-state index is 0.217. The van der Waals surface area contributed by atoms with Crippen LogP contribution in [0.3, 0.4) is 0 Å². The third kappa shape index (κ3) is 34.1. The van der Waals surface area contributed by atoms with Crippen molar-refractivity contribution in [3.63, 3.8) is 0 Å². The zero-order valence-corrected chi connectivity index (χ0v) is 63.0. The molecular weight excluding hydrogens is 1220 g/mol. The van der Waals surface area contributed by atoms with E-state index in [2.05, 4.69) is 266 Å². The van der Waals surface area contributed by atoms with E-state index in [4.69, 9.17) is 52.6 Å². The molecule has 100 heavy (non-hydrogen) atoms. The summed E-state index contributed by atoms with van der Waals surface area (Å²) >= 11 is 0. The lowest BCUT2D eigenvalue weighted by atomic mass is 9.99. The SMILES string of the molecule is CC(C)c1ccccc1.CC(C)c1ccncc1.Cc1cc(C)cc(C(C)C)c1.Cc1ccc(C(C)C)cc1.[C-]#[N+]c1cc([N+]#[C-])cc(C(C)C)c1.[C-]#[N+]c1ccc(C(C)C)cc1.[C-]#[N+]c1ccc(C(C)C)cc1[N+]#[C-].[C-]#[N+]c1ccc(C(C)C)cc1[N+]#[C-].[C-]#[N+]c1ncc(C(C)C)cn1. The van der Waals surface area contributed by atoms with Crippen LogP contribution < -0.4 is 0 Å². The Morgan fingerprint density at radius 2 is 0.560 bits per heavy atom. The molecule has 0 bridgehead atoms. The van der Waals surface area contributed by atoms with Crippen LogP contribution >= 0.6 is 0 Å². The first-order valence-electron chi connectivity index (χ1n) is 33.9. The molecule has 0 saturated carbocycles. The summed E-state index contributed by atoms with van der Waals surface area (Å²) in [5.41, 5.74) is 19.0. The molecule has 0 aliphatic rings. The van der Waals surface area contributed by atoms with E-state index in [0.29, 0.717) is 87.4 Å². The predicted molar refractivity (Wildman–Crippen MR) is 422 cm³/mol. The van der Waals surface area contributed by atoms with Gasteiger partial charge in [0.25, 0.3) is 0 Å². The van der Waals surface area contributed by atoms with E-state index < -0.39 is 0 Å². The number of aryl methyl sites for hydroxylation is 3. The molecule has 0 aliphatic heterocycles. The second kappa shape index (κ2) is 47.6. The van der Waals surface area contributed by atoms with Gasteiger partial charge in [-0.05, 0) is 114 Å². The lowest BCUT2D eigenvalue weighted by Crippen LogP contribution is -1.89. The van der Waals surface area contributed by atoms with Crippen LogP contribution in [0, 0.1) is 73.3 Å². The van der Waals surface area contributed by atoms with Crippen LogP contribution in [0.5, 0.6) is 0 Å². The Bertz CT molecular complexity index is 3980. The lowest BCUT2D eigenvalue weighted by Gasteiger charge is -2.07. The molecule has 2 aromatic heterocycles. The topological polar surface area (TPSA) is 73.5 Å². The van der Waals surface area contributed by atoms with Crippen molar-refractivity contribution in [1.82, 2.24) is 15.0 Å². The van der Waals surface area contributed by atoms with Gasteiger partial charge in [-0.3, -0.25) is 24.4 Å². The van der Waals surface area contributed by atoms with Crippen molar-refractivity contribution in [2.75, 3.05) is 0 Å². The van der Waals surface area contributed by atoms with Crippen LogP contribution in [0.1, 0.15) is 245 Å².